The van der Waals surface area contributed by atoms with Crippen molar-refractivity contribution in [2.24, 2.45) is 0 Å². The maximum Gasteiger partial charge on any atom is 0.106 e. The third kappa shape index (κ3) is 7.39. The Balaban J connectivity index is 3.40. The number of nitrogens with zero attached hydrogens (tertiary/aromatic N) is 1. The van der Waals surface area contributed by atoms with Crippen LogP contribution in [0, 0.1) is 11.3 Å². The number of hydrogen-bond donors (Lipinski definition) is 0. The quantitative estimate of drug-likeness (QED) is 0.342. The van der Waals surface area contributed by atoms with Gasteiger partial charge in [-0.2, -0.15) is 5.26 Å². The normalized spacial score (nSPS) is 11.0. The first-order valence-electron chi connectivity index (χ1n) is 4.97. The van der Waals surface area contributed by atoms with E-state index < -0.39 is 0 Å². The lowest BCUT2D eigenvalue weighted by Crippen LogP contribution is -1.87. The van der Waals surface area contributed by atoms with Gasteiger partial charge in [0.15, 0.2) is 0 Å². The number of ether oxygens (including phenoxy) is 1. The van der Waals surface area contributed by atoms with Crippen molar-refractivity contribution in [2.75, 3.05) is 7.11 Å². The molecule has 0 rings (SSSR count). The number of methoxy groups -OCH3 is 1. The Morgan fingerprint density at radius 1 is 1.31 bits per heavy atom. The van der Waals surface area contributed by atoms with Crippen LogP contribution in [-0.4, -0.2) is 7.11 Å². The van der Waals surface area contributed by atoms with Crippen LogP contribution in [0.15, 0.2) is 11.8 Å². The monoisotopic (exact) mass is 181 g/mol. The van der Waals surface area contributed by atoms with Gasteiger partial charge >= 0.3 is 0 Å². The first kappa shape index (κ1) is 12.0. The largest absolute Gasteiger partial charge is 0.500 e. The summed E-state index contributed by atoms with van der Waals surface area (Å²) >= 11 is 0. The predicted molar refractivity (Wildman–Crippen MR) is 54.1 cm³/mol. The van der Waals surface area contributed by atoms with Gasteiger partial charge in [-0.05, 0) is 6.42 Å². The number of rotatable bonds is 7. The Hall–Kier alpha value is -0.970. The molecule has 0 aromatic carbocycles. The van der Waals surface area contributed by atoms with E-state index in [0.29, 0.717) is 0 Å². The predicted octanol–water partition coefficient (Wildman–Crippen LogP) is 3.40. The van der Waals surface area contributed by atoms with Gasteiger partial charge < -0.3 is 4.74 Å². The van der Waals surface area contributed by atoms with Crippen LogP contribution in [0.5, 0.6) is 0 Å². The van der Waals surface area contributed by atoms with Crippen molar-refractivity contribution >= 4 is 0 Å². The van der Waals surface area contributed by atoms with Crippen LogP contribution in [0.1, 0.15) is 45.4 Å². The van der Waals surface area contributed by atoms with E-state index in [1.807, 2.05) is 6.07 Å². The molecule has 2 nitrogen and oxygen atoms in total. The van der Waals surface area contributed by atoms with E-state index in [2.05, 4.69) is 6.92 Å². The van der Waals surface area contributed by atoms with Crippen LogP contribution >= 0.6 is 0 Å². The Bertz CT molecular complexity index is 179. The zero-order chi connectivity index (χ0) is 9.94. The molecule has 74 valence electrons. The summed E-state index contributed by atoms with van der Waals surface area (Å²) in [7, 11) is 1.62. The standard InChI is InChI=1S/C11H19NO/c1-3-4-5-6-7-8-11(13-2)9-10-12/h9H,3-8H2,1-2H3/b11-9-. The van der Waals surface area contributed by atoms with Gasteiger partial charge in [-0.3, -0.25) is 0 Å². The van der Waals surface area contributed by atoms with Gasteiger partial charge in [-0.15, -0.1) is 0 Å². The highest BCUT2D eigenvalue weighted by Crippen LogP contribution is 2.10. The summed E-state index contributed by atoms with van der Waals surface area (Å²) < 4.78 is 5.04. The zero-order valence-electron chi connectivity index (χ0n) is 8.68. The van der Waals surface area contributed by atoms with Gasteiger partial charge in [0.1, 0.15) is 5.76 Å². The van der Waals surface area contributed by atoms with Gasteiger partial charge in [-0.25, -0.2) is 0 Å². The summed E-state index contributed by atoms with van der Waals surface area (Å²) in [6, 6.07) is 1.98. The molecule has 0 saturated heterocycles. The fourth-order valence-electron chi connectivity index (χ4n) is 1.21. The molecule has 0 amide bonds. The van der Waals surface area contributed by atoms with Crippen LogP contribution in [0.4, 0.5) is 0 Å². The number of hydrogen-bond acceptors (Lipinski definition) is 2. The molecule has 0 saturated carbocycles. The van der Waals surface area contributed by atoms with E-state index >= 15 is 0 Å². The second-order valence-corrected chi connectivity index (χ2v) is 3.11. The molecule has 0 fully saturated rings. The van der Waals surface area contributed by atoms with Crippen molar-refractivity contribution in [1.82, 2.24) is 0 Å². The van der Waals surface area contributed by atoms with E-state index in [9.17, 15) is 0 Å². The van der Waals surface area contributed by atoms with Crippen molar-refractivity contribution in [2.45, 2.75) is 45.4 Å². The molecule has 0 N–H and O–H groups in total. The molecule has 0 aliphatic heterocycles. The lowest BCUT2D eigenvalue weighted by atomic mass is 10.1. The van der Waals surface area contributed by atoms with Gasteiger partial charge in [0.05, 0.1) is 19.3 Å². The average Bonchev–Trinajstić information content (AvgIpc) is 2.16. The van der Waals surface area contributed by atoms with Crippen molar-refractivity contribution < 1.29 is 4.74 Å². The molecule has 0 aliphatic rings. The SMILES string of the molecule is CCCCCCC/C(=C/C#N)OC. The summed E-state index contributed by atoms with van der Waals surface area (Å²) in [5.74, 6) is 0.805. The zero-order valence-corrected chi connectivity index (χ0v) is 8.68. The Morgan fingerprint density at radius 2 is 2.00 bits per heavy atom. The molecule has 0 heterocycles. The van der Waals surface area contributed by atoms with Gasteiger partial charge in [-0.1, -0.05) is 32.6 Å². The van der Waals surface area contributed by atoms with Crippen LogP contribution in [0.25, 0.3) is 0 Å². The van der Waals surface area contributed by atoms with E-state index in [1.165, 1.54) is 31.8 Å². The maximum atomic E-state index is 8.40. The Morgan fingerprint density at radius 3 is 2.54 bits per heavy atom. The van der Waals surface area contributed by atoms with Gasteiger partial charge in [0.25, 0.3) is 0 Å². The van der Waals surface area contributed by atoms with Crippen molar-refractivity contribution in [1.29, 1.82) is 5.26 Å². The van der Waals surface area contributed by atoms with E-state index in [0.717, 1.165) is 18.6 Å². The fraction of sp³-hybridized carbons (Fsp3) is 0.727. The Kier molecular flexibility index (Phi) is 8.44. The van der Waals surface area contributed by atoms with Gasteiger partial charge in [0, 0.05) is 6.42 Å². The summed E-state index contributed by atoms with van der Waals surface area (Å²) in [6.07, 6.45) is 8.62. The van der Waals surface area contributed by atoms with Crippen LogP contribution in [0.3, 0.4) is 0 Å². The molecule has 0 atom stereocenters. The molecule has 13 heavy (non-hydrogen) atoms. The minimum Gasteiger partial charge on any atom is -0.500 e. The third-order valence-corrected chi connectivity index (χ3v) is 2.01. The molecule has 0 bridgehead atoms. The number of allylic oxidation sites excluding steroid dienone is 2. The fourth-order valence-corrected chi connectivity index (χ4v) is 1.21. The summed E-state index contributed by atoms with van der Waals surface area (Å²) in [4.78, 5) is 0. The van der Waals surface area contributed by atoms with Crippen LogP contribution < -0.4 is 0 Å². The van der Waals surface area contributed by atoms with Gasteiger partial charge in [0.2, 0.25) is 0 Å². The van der Waals surface area contributed by atoms with E-state index in [-0.39, 0.29) is 0 Å². The van der Waals surface area contributed by atoms with E-state index in [1.54, 1.807) is 7.11 Å². The summed E-state index contributed by atoms with van der Waals surface area (Å²) in [6.45, 7) is 2.20. The van der Waals surface area contributed by atoms with E-state index in [4.69, 9.17) is 10.00 Å². The van der Waals surface area contributed by atoms with Crippen LogP contribution in [-0.2, 0) is 4.74 Å². The highest BCUT2D eigenvalue weighted by molar-refractivity contribution is 5.07. The lowest BCUT2D eigenvalue weighted by molar-refractivity contribution is 0.274. The highest BCUT2D eigenvalue weighted by Gasteiger charge is 1.95. The molecule has 0 aliphatic carbocycles. The molecular weight excluding hydrogens is 162 g/mol. The Labute approximate surface area is 81.2 Å². The highest BCUT2D eigenvalue weighted by atomic mass is 16.5. The minimum absolute atomic E-state index is 0.805. The molecule has 0 spiro atoms. The van der Waals surface area contributed by atoms with Crippen molar-refractivity contribution in [3.05, 3.63) is 11.8 Å². The molecule has 0 unspecified atom stereocenters. The third-order valence-electron chi connectivity index (χ3n) is 2.01. The smallest absolute Gasteiger partial charge is 0.106 e. The second-order valence-electron chi connectivity index (χ2n) is 3.11. The number of unbranched alkanes of at least 4 members (excludes halogenated alkanes) is 4. The lowest BCUT2D eigenvalue weighted by Gasteiger charge is -2.03. The average molecular weight is 181 g/mol. The first-order valence-corrected chi connectivity index (χ1v) is 4.97. The van der Waals surface area contributed by atoms with Crippen LogP contribution in [0.2, 0.25) is 0 Å². The number of nitriles is 1. The molecule has 0 radical (unpaired) electrons. The maximum absolute atomic E-state index is 8.40. The summed E-state index contributed by atoms with van der Waals surface area (Å²) in [5, 5.41) is 8.40. The minimum atomic E-state index is 0.805. The first-order chi connectivity index (χ1) is 6.35. The van der Waals surface area contributed by atoms with Crippen molar-refractivity contribution in [3.8, 4) is 6.07 Å². The second kappa shape index (κ2) is 9.12. The molecule has 0 aromatic rings. The molecule has 0 aromatic heterocycles. The molecule has 2 heteroatoms. The molecular formula is C11H19NO. The summed E-state index contributed by atoms with van der Waals surface area (Å²) in [5.41, 5.74) is 0. The van der Waals surface area contributed by atoms with Crippen molar-refractivity contribution in [3.63, 3.8) is 0 Å². The topological polar surface area (TPSA) is 33.0 Å².